The van der Waals surface area contributed by atoms with Gasteiger partial charge >= 0.3 is 0 Å². The number of nitro groups is 1. The van der Waals surface area contributed by atoms with Crippen LogP contribution in [0.25, 0.3) is 11.1 Å². The number of rotatable bonds is 3. The molecule has 2 aliphatic rings. The van der Waals surface area contributed by atoms with Crippen LogP contribution in [0.1, 0.15) is 17.5 Å². The molecule has 2 aromatic rings. The van der Waals surface area contributed by atoms with Gasteiger partial charge in [0.25, 0.3) is 5.70 Å². The summed E-state index contributed by atoms with van der Waals surface area (Å²) >= 11 is 0. The van der Waals surface area contributed by atoms with Crippen molar-refractivity contribution in [3.8, 4) is 11.1 Å². The highest BCUT2D eigenvalue weighted by molar-refractivity contribution is 6.25. The quantitative estimate of drug-likeness (QED) is 0.414. The minimum Gasteiger partial charge on any atom is -0.298 e. The van der Waals surface area contributed by atoms with Gasteiger partial charge in [0.2, 0.25) is 0 Å². The van der Waals surface area contributed by atoms with Crippen LogP contribution in [0.4, 0.5) is 0 Å². The molecule has 0 aromatic heterocycles. The third-order valence-electron chi connectivity index (χ3n) is 4.42. The zero-order valence-corrected chi connectivity index (χ0v) is 13.6. The van der Waals surface area contributed by atoms with Gasteiger partial charge in [0.05, 0.1) is 17.1 Å². The molecule has 0 radical (unpaired) electrons. The number of benzene rings is 2. The van der Waals surface area contributed by atoms with E-state index in [0.717, 1.165) is 22.3 Å². The molecule has 0 bridgehead atoms. The van der Waals surface area contributed by atoms with Crippen LogP contribution in [0.15, 0.2) is 82.2 Å². The molecule has 6 nitrogen and oxygen atoms in total. The molecule has 0 fully saturated rings. The standard InChI is InChI=1S/C20H13N3O3/c24-12-13-9-10-14(23(25)26)11-19(13)21-22-20-17-7-3-1-5-15(17)16-6-2-4-8-18(16)20/h1-10,12H,11H2. The van der Waals surface area contributed by atoms with Crippen molar-refractivity contribution in [1.29, 1.82) is 0 Å². The Balaban J connectivity index is 1.81. The van der Waals surface area contributed by atoms with Crippen LogP contribution >= 0.6 is 0 Å². The molecule has 0 unspecified atom stereocenters. The first kappa shape index (κ1) is 15.8. The first-order chi connectivity index (χ1) is 12.7. The van der Waals surface area contributed by atoms with E-state index < -0.39 is 4.92 Å². The predicted molar refractivity (Wildman–Crippen MR) is 98.8 cm³/mol. The smallest absolute Gasteiger partial charge is 0.252 e. The van der Waals surface area contributed by atoms with Crippen LogP contribution in [0, 0.1) is 10.1 Å². The fraction of sp³-hybridized carbons (Fsp3) is 0.0500. The Bertz CT molecular complexity index is 1010. The summed E-state index contributed by atoms with van der Waals surface area (Å²) in [5.74, 6) is 0. The number of hydrogen-bond acceptors (Lipinski definition) is 5. The lowest BCUT2D eigenvalue weighted by molar-refractivity contribution is -0.426. The number of allylic oxidation sites excluding steroid dienone is 4. The first-order valence-corrected chi connectivity index (χ1v) is 8.03. The summed E-state index contributed by atoms with van der Waals surface area (Å²) in [7, 11) is 0. The van der Waals surface area contributed by atoms with Crippen molar-refractivity contribution in [2.75, 3.05) is 0 Å². The van der Waals surface area contributed by atoms with Crippen LogP contribution in [0.3, 0.4) is 0 Å². The van der Waals surface area contributed by atoms with E-state index in [-0.39, 0.29) is 12.1 Å². The maximum atomic E-state index is 11.2. The number of hydrogen-bond donors (Lipinski definition) is 0. The van der Waals surface area contributed by atoms with E-state index in [9.17, 15) is 14.9 Å². The summed E-state index contributed by atoms with van der Waals surface area (Å²) in [6.45, 7) is 0. The van der Waals surface area contributed by atoms with Crippen molar-refractivity contribution in [3.63, 3.8) is 0 Å². The Hall–Kier alpha value is -3.67. The Kier molecular flexibility index (Phi) is 3.85. The fourth-order valence-corrected chi connectivity index (χ4v) is 3.15. The van der Waals surface area contributed by atoms with Gasteiger partial charge in [-0.3, -0.25) is 14.9 Å². The van der Waals surface area contributed by atoms with Gasteiger partial charge in [-0.25, -0.2) is 0 Å². The number of carbonyl (C=O) groups is 1. The second-order valence-corrected chi connectivity index (χ2v) is 5.92. The fourth-order valence-electron chi connectivity index (χ4n) is 3.15. The molecule has 0 N–H and O–H groups in total. The van der Waals surface area contributed by atoms with Crippen molar-refractivity contribution in [3.05, 3.63) is 93.2 Å². The highest BCUT2D eigenvalue weighted by atomic mass is 16.6. The summed E-state index contributed by atoms with van der Waals surface area (Å²) < 4.78 is 0. The van der Waals surface area contributed by atoms with Gasteiger partial charge in [0.15, 0.2) is 6.29 Å². The van der Waals surface area contributed by atoms with Crippen LogP contribution in [0.2, 0.25) is 0 Å². The van der Waals surface area contributed by atoms with Gasteiger partial charge in [-0.1, -0.05) is 48.5 Å². The van der Waals surface area contributed by atoms with Gasteiger partial charge in [-0.05, 0) is 17.2 Å². The third kappa shape index (κ3) is 2.57. The lowest BCUT2D eigenvalue weighted by Gasteiger charge is -2.07. The van der Waals surface area contributed by atoms with Gasteiger partial charge in [0.1, 0.15) is 5.71 Å². The predicted octanol–water partition coefficient (Wildman–Crippen LogP) is 3.55. The van der Waals surface area contributed by atoms with E-state index in [1.54, 1.807) is 0 Å². The largest absolute Gasteiger partial charge is 0.298 e. The summed E-state index contributed by atoms with van der Waals surface area (Å²) in [5.41, 5.74) is 5.34. The van der Waals surface area contributed by atoms with Gasteiger partial charge < -0.3 is 0 Å². The molecule has 26 heavy (non-hydrogen) atoms. The zero-order chi connectivity index (χ0) is 18.1. The monoisotopic (exact) mass is 343 g/mol. The molecule has 0 aliphatic heterocycles. The molecule has 0 saturated heterocycles. The molecule has 0 heterocycles. The number of nitrogens with zero attached hydrogens (tertiary/aromatic N) is 3. The summed E-state index contributed by atoms with van der Waals surface area (Å²) in [6, 6.07) is 15.8. The van der Waals surface area contributed by atoms with E-state index in [1.165, 1.54) is 12.2 Å². The van der Waals surface area contributed by atoms with E-state index in [4.69, 9.17) is 0 Å². The average molecular weight is 343 g/mol. The SMILES string of the molecule is O=CC1=CC=C([N+](=O)[O-])CC1=NN=C1c2ccccc2-c2ccccc21. The van der Waals surface area contributed by atoms with Crippen molar-refractivity contribution < 1.29 is 9.72 Å². The molecule has 0 saturated carbocycles. The van der Waals surface area contributed by atoms with E-state index in [1.807, 2.05) is 48.5 Å². The second-order valence-electron chi connectivity index (χ2n) is 5.92. The molecule has 0 amide bonds. The lowest BCUT2D eigenvalue weighted by atomic mass is 10.0. The second kappa shape index (κ2) is 6.33. The van der Waals surface area contributed by atoms with Crippen LogP contribution in [-0.2, 0) is 4.79 Å². The average Bonchev–Trinajstić information content (AvgIpc) is 3.00. The first-order valence-electron chi connectivity index (χ1n) is 8.03. The summed E-state index contributed by atoms with van der Waals surface area (Å²) in [4.78, 5) is 21.8. The topological polar surface area (TPSA) is 84.9 Å². The third-order valence-corrected chi connectivity index (χ3v) is 4.42. The molecular weight excluding hydrogens is 330 g/mol. The van der Waals surface area contributed by atoms with Crippen LogP contribution in [-0.4, -0.2) is 22.6 Å². The number of fused-ring (bicyclic) bond motifs is 3. The number of carbonyl (C=O) groups excluding carboxylic acids is 1. The Morgan fingerprint density at radius 2 is 1.46 bits per heavy atom. The maximum absolute atomic E-state index is 11.2. The van der Waals surface area contributed by atoms with Crippen LogP contribution in [0.5, 0.6) is 0 Å². The highest BCUT2D eigenvalue weighted by Crippen LogP contribution is 2.36. The summed E-state index contributed by atoms with van der Waals surface area (Å²) in [5, 5.41) is 19.6. The lowest BCUT2D eigenvalue weighted by Crippen LogP contribution is -2.13. The zero-order valence-electron chi connectivity index (χ0n) is 13.6. The molecule has 0 atom stereocenters. The Morgan fingerprint density at radius 3 is 2.00 bits per heavy atom. The van der Waals surface area contributed by atoms with Gasteiger partial charge in [0, 0.05) is 22.8 Å². The molecule has 6 heteroatoms. The Labute approximate surface area is 149 Å². The van der Waals surface area contributed by atoms with Crippen molar-refractivity contribution in [1.82, 2.24) is 0 Å². The van der Waals surface area contributed by atoms with E-state index >= 15 is 0 Å². The van der Waals surface area contributed by atoms with Crippen molar-refractivity contribution in [2.45, 2.75) is 6.42 Å². The minimum absolute atomic E-state index is 0.0122. The van der Waals surface area contributed by atoms with E-state index in [0.29, 0.717) is 23.3 Å². The molecule has 126 valence electrons. The molecule has 2 aliphatic carbocycles. The van der Waals surface area contributed by atoms with Crippen molar-refractivity contribution >= 4 is 17.7 Å². The normalized spacial score (nSPS) is 16.5. The highest BCUT2D eigenvalue weighted by Gasteiger charge is 2.25. The summed E-state index contributed by atoms with van der Waals surface area (Å²) in [6.07, 6.45) is 3.35. The van der Waals surface area contributed by atoms with Gasteiger partial charge in [-0.15, -0.1) is 5.10 Å². The Morgan fingerprint density at radius 1 is 0.885 bits per heavy atom. The minimum atomic E-state index is -0.471. The van der Waals surface area contributed by atoms with E-state index in [2.05, 4.69) is 10.2 Å². The molecular formula is C20H13N3O3. The van der Waals surface area contributed by atoms with Crippen molar-refractivity contribution in [2.24, 2.45) is 10.2 Å². The maximum Gasteiger partial charge on any atom is 0.252 e. The molecule has 0 spiro atoms. The molecule has 4 rings (SSSR count). The van der Waals surface area contributed by atoms with Gasteiger partial charge in [-0.2, -0.15) is 5.10 Å². The molecule has 2 aromatic carbocycles. The van der Waals surface area contributed by atoms with Crippen LogP contribution < -0.4 is 0 Å². The number of aldehydes is 1.